The van der Waals surface area contributed by atoms with E-state index in [1.165, 1.54) is 77.4 Å². The third kappa shape index (κ3) is 10.7. The molecule has 1 aliphatic carbocycles. The zero-order valence-electron chi connectivity index (χ0n) is 20.0. The predicted octanol–water partition coefficient (Wildman–Crippen LogP) is 1.73. The molecule has 0 heterocycles. The molecule has 0 saturated carbocycles. The molecular weight excluding hydrogens is 433 g/mol. The molecule has 0 aromatic carbocycles. The van der Waals surface area contributed by atoms with E-state index in [0.717, 1.165) is 0 Å². The Kier molecular flexibility index (Phi) is 19.0. The van der Waals surface area contributed by atoms with Crippen molar-refractivity contribution < 1.29 is 45.2 Å². The summed E-state index contributed by atoms with van der Waals surface area (Å²) in [6, 6.07) is 0. The summed E-state index contributed by atoms with van der Waals surface area (Å²) in [7, 11) is 0. The van der Waals surface area contributed by atoms with Crippen molar-refractivity contribution in [3.05, 3.63) is 23.3 Å². The van der Waals surface area contributed by atoms with Crippen molar-refractivity contribution in [2.24, 2.45) is 11.8 Å². The molecule has 0 spiro atoms. The van der Waals surface area contributed by atoms with Crippen LogP contribution in [-0.2, 0) is 20.4 Å². The van der Waals surface area contributed by atoms with Crippen LogP contribution in [-0.4, -0.2) is 24.5 Å². The summed E-state index contributed by atoms with van der Waals surface area (Å²) in [6.07, 6.45) is 17.0. The Morgan fingerprint density at radius 1 is 0.828 bits per heavy atom. The molecule has 0 amide bonds. The minimum atomic E-state index is 0. The molecule has 0 aliphatic heterocycles. The number of nitrogens with zero attached hydrogens (tertiary/aromatic N) is 1. The van der Waals surface area contributed by atoms with Gasteiger partial charge in [0.2, 0.25) is 0 Å². The molecule has 0 fully saturated rings. The first-order valence-electron chi connectivity index (χ1n) is 11.8. The van der Waals surface area contributed by atoms with Gasteiger partial charge in [-0.2, -0.15) is 0 Å². The molecule has 3 unspecified atom stereocenters. The maximum atomic E-state index is 2.74. The smallest absolute Gasteiger partial charge is 1.00 e. The molecule has 1 aliphatic rings. The predicted molar refractivity (Wildman–Crippen MR) is 118 cm³/mol. The van der Waals surface area contributed by atoms with Crippen molar-refractivity contribution in [1.82, 2.24) is 4.90 Å². The molecule has 1 nitrogen and oxygen atoms in total. The van der Waals surface area contributed by atoms with Gasteiger partial charge in [0.1, 0.15) is 0 Å². The number of allylic oxidation sites excluding steroid dienone is 4. The van der Waals surface area contributed by atoms with Crippen LogP contribution in [0.2, 0.25) is 3.72 Å². The zero-order chi connectivity index (χ0) is 20.3. The van der Waals surface area contributed by atoms with Gasteiger partial charge in [-0.25, -0.2) is 0 Å². The molecule has 4 heteroatoms. The van der Waals surface area contributed by atoms with Gasteiger partial charge in [0.15, 0.2) is 0 Å². The summed E-state index contributed by atoms with van der Waals surface area (Å²) < 4.78 is 0.266. The molecule has 0 radical (unpaired) electrons. The minimum absolute atomic E-state index is 0. The number of rotatable bonds is 15. The van der Waals surface area contributed by atoms with Crippen LogP contribution in [0.15, 0.2) is 23.3 Å². The second kappa shape index (κ2) is 17.3. The van der Waals surface area contributed by atoms with Gasteiger partial charge < -0.3 is 24.8 Å². The van der Waals surface area contributed by atoms with Crippen LogP contribution in [0.4, 0.5) is 0 Å². The van der Waals surface area contributed by atoms with Gasteiger partial charge >= 0.3 is 183 Å². The normalized spacial score (nSPS) is 20.6. The summed E-state index contributed by atoms with van der Waals surface area (Å²) in [4.78, 5) is 2.74. The average Bonchev–Trinajstić information content (AvgIpc) is 2.99. The Hall–Kier alpha value is 0.734. The van der Waals surface area contributed by atoms with Crippen LogP contribution in [0.1, 0.15) is 99.3 Å². The first kappa shape index (κ1) is 31.9. The Balaban J connectivity index is 0. The van der Waals surface area contributed by atoms with E-state index in [9.17, 15) is 0 Å². The maximum absolute atomic E-state index is 2.74. The van der Waals surface area contributed by atoms with Gasteiger partial charge in [0.25, 0.3) is 0 Å². The standard InChI is InChI=1S/C25H46N.2ClH.Ti/c1-7-11-16-26(17-12-8-2)18-15-23-19-24(21(5)13-9-3)20-25(23)22(6)14-10-4;;;/h19-22H,7-18H2,1-6H3;2*1H;/q;;;+2/p-2. The van der Waals surface area contributed by atoms with Crippen LogP contribution >= 0.6 is 0 Å². The number of halogens is 2. The maximum Gasteiger partial charge on any atom is -1.00 e. The summed E-state index contributed by atoms with van der Waals surface area (Å²) in [6.45, 7) is 18.0. The van der Waals surface area contributed by atoms with Crippen molar-refractivity contribution in [2.45, 2.75) is 103 Å². The fraction of sp³-hybridized carbons (Fsp3) is 0.840. The monoisotopic (exact) mass is 478 g/mol. The fourth-order valence-corrected chi connectivity index (χ4v) is 5.35. The van der Waals surface area contributed by atoms with E-state index in [0.29, 0.717) is 11.8 Å². The number of unbranched alkanes of at least 4 members (excludes halogenated alkanes) is 2. The van der Waals surface area contributed by atoms with Crippen molar-refractivity contribution >= 4 is 0 Å². The molecule has 0 N–H and O–H groups in total. The molecule has 3 atom stereocenters. The molecule has 1 rings (SSSR count). The van der Waals surface area contributed by atoms with E-state index in [1.54, 1.807) is 11.1 Å². The molecule has 0 saturated heterocycles. The number of hydrogen-bond donors (Lipinski definition) is 0. The second-order valence-corrected chi connectivity index (χ2v) is 10.3. The third-order valence-corrected chi connectivity index (χ3v) is 7.34. The van der Waals surface area contributed by atoms with Crippen LogP contribution in [0, 0.1) is 11.8 Å². The van der Waals surface area contributed by atoms with Crippen molar-refractivity contribution in [1.29, 1.82) is 0 Å². The van der Waals surface area contributed by atoms with Crippen molar-refractivity contribution in [3.63, 3.8) is 0 Å². The molecule has 169 valence electrons. The van der Waals surface area contributed by atoms with E-state index in [1.807, 2.05) is 0 Å². The quantitative estimate of drug-likeness (QED) is 0.324. The Bertz CT molecular complexity index is 469. The van der Waals surface area contributed by atoms with Gasteiger partial charge in [0, 0.05) is 0 Å². The fourth-order valence-electron chi connectivity index (χ4n) is 4.42. The topological polar surface area (TPSA) is 3.24 Å². The summed E-state index contributed by atoms with van der Waals surface area (Å²) in [5, 5.41) is 0. The molecule has 0 bridgehead atoms. The van der Waals surface area contributed by atoms with Crippen LogP contribution in [0.25, 0.3) is 0 Å². The van der Waals surface area contributed by atoms with Crippen molar-refractivity contribution in [2.75, 3.05) is 19.6 Å². The minimum Gasteiger partial charge on any atom is -1.00 e. The molecule has 29 heavy (non-hydrogen) atoms. The average molecular weight is 479 g/mol. The molecular formula is C25H46Cl2NTi. The van der Waals surface area contributed by atoms with Crippen LogP contribution < -0.4 is 24.8 Å². The van der Waals surface area contributed by atoms with Gasteiger partial charge in [-0.3, -0.25) is 0 Å². The molecule has 0 aromatic rings. The van der Waals surface area contributed by atoms with Gasteiger partial charge in [-0.15, -0.1) is 0 Å². The largest absolute Gasteiger partial charge is 1.00 e. The van der Waals surface area contributed by atoms with Crippen LogP contribution in [0.3, 0.4) is 0 Å². The third-order valence-electron chi connectivity index (χ3n) is 6.27. The first-order valence-corrected chi connectivity index (χ1v) is 12.6. The van der Waals surface area contributed by atoms with E-state index < -0.39 is 0 Å². The SMILES string of the molecule is CCCCN(CCCC)CC[C]1([Ti+2])C=C(C(C)CCC)C=C1C(C)CCC.[Cl-].[Cl-]. The molecule has 0 aromatic heterocycles. The van der Waals surface area contributed by atoms with E-state index >= 15 is 0 Å². The Labute approximate surface area is 207 Å². The summed E-state index contributed by atoms with van der Waals surface area (Å²) in [5.41, 5.74) is 3.33. The van der Waals surface area contributed by atoms with E-state index in [-0.39, 0.29) is 28.5 Å². The second-order valence-electron chi connectivity index (χ2n) is 8.89. The van der Waals surface area contributed by atoms with Crippen LogP contribution in [0.5, 0.6) is 0 Å². The zero-order valence-corrected chi connectivity index (χ0v) is 23.1. The van der Waals surface area contributed by atoms with Gasteiger partial charge in [0.05, 0.1) is 0 Å². The Morgan fingerprint density at radius 2 is 1.34 bits per heavy atom. The summed E-state index contributed by atoms with van der Waals surface area (Å²) in [5.74, 6) is 1.42. The Morgan fingerprint density at radius 3 is 1.83 bits per heavy atom. The van der Waals surface area contributed by atoms with E-state index in [4.69, 9.17) is 0 Å². The van der Waals surface area contributed by atoms with E-state index in [2.05, 4.69) is 79.0 Å². The number of hydrogen-bond acceptors (Lipinski definition) is 1. The van der Waals surface area contributed by atoms with Crippen molar-refractivity contribution in [3.8, 4) is 0 Å². The summed E-state index contributed by atoms with van der Waals surface area (Å²) >= 11 is 2.52. The van der Waals surface area contributed by atoms with Gasteiger partial charge in [-0.05, 0) is 0 Å². The first-order chi connectivity index (χ1) is 12.9. The van der Waals surface area contributed by atoms with Gasteiger partial charge in [-0.1, -0.05) is 0 Å².